The molecule has 0 aliphatic heterocycles. The number of rotatable bonds is 5. The van der Waals surface area contributed by atoms with Gasteiger partial charge in [-0.05, 0) is 13.3 Å². The van der Waals surface area contributed by atoms with Crippen LogP contribution in [0.5, 0.6) is 0 Å². The first-order valence-corrected chi connectivity index (χ1v) is 5.23. The highest BCUT2D eigenvalue weighted by atomic mass is 15.3. The molecule has 15 heavy (non-hydrogen) atoms. The van der Waals surface area contributed by atoms with E-state index in [0.29, 0.717) is 6.54 Å². The average Bonchev–Trinajstić information content (AvgIpc) is 2.55. The van der Waals surface area contributed by atoms with Crippen molar-refractivity contribution in [3.8, 4) is 12.3 Å². The second-order valence-electron chi connectivity index (χ2n) is 3.61. The van der Waals surface area contributed by atoms with Crippen LogP contribution in [0.1, 0.15) is 31.4 Å². The third-order valence-electron chi connectivity index (χ3n) is 2.47. The van der Waals surface area contributed by atoms with Crippen LogP contribution >= 0.6 is 0 Å². The Bertz CT molecular complexity index is 348. The summed E-state index contributed by atoms with van der Waals surface area (Å²) in [6.07, 6.45) is 7.49. The first-order chi connectivity index (χ1) is 7.19. The number of aromatic nitrogens is 3. The summed E-state index contributed by atoms with van der Waals surface area (Å²) < 4.78 is 1.96. The van der Waals surface area contributed by atoms with E-state index in [-0.39, 0.29) is 6.04 Å². The highest BCUT2D eigenvalue weighted by Crippen LogP contribution is 2.00. The van der Waals surface area contributed by atoms with Gasteiger partial charge in [-0.25, -0.2) is 0 Å². The Morgan fingerprint density at radius 2 is 2.27 bits per heavy atom. The molecule has 82 valence electrons. The lowest BCUT2D eigenvalue weighted by atomic mass is 10.2. The van der Waals surface area contributed by atoms with Crippen LogP contribution < -0.4 is 5.32 Å². The monoisotopic (exact) mass is 206 g/mol. The molecule has 1 aromatic rings. The molecule has 1 atom stereocenters. The highest BCUT2D eigenvalue weighted by molar-refractivity contribution is 5.00. The summed E-state index contributed by atoms with van der Waals surface area (Å²) in [4.78, 5) is 0. The second-order valence-corrected chi connectivity index (χ2v) is 3.61. The second kappa shape index (κ2) is 5.52. The molecule has 4 heteroatoms. The van der Waals surface area contributed by atoms with Gasteiger partial charge in [0.1, 0.15) is 11.6 Å². The molecule has 1 aromatic heterocycles. The van der Waals surface area contributed by atoms with Crippen molar-refractivity contribution in [1.82, 2.24) is 20.1 Å². The van der Waals surface area contributed by atoms with Gasteiger partial charge in [0.15, 0.2) is 0 Å². The fourth-order valence-corrected chi connectivity index (χ4v) is 1.35. The number of terminal acetylenes is 1. The molecule has 0 aromatic carbocycles. The van der Waals surface area contributed by atoms with Gasteiger partial charge in [0, 0.05) is 7.05 Å². The van der Waals surface area contributed by atoms with Crippen LogP contribution in [0, 0.1) is 19.3 Å². The van der Waals surface area contributed by atoms with Gasteiger partial charge in [-0.3, -0.25) is 5.32 Å². The highest BCUT2D eigenvalue weighted by Gasteiger charge is 2.07. The molecule has 0 fully saturated rings. The number of nitrogens with zero attached hydrogens (tertiary/aromatic N) is 3. The van der Waals surface area contributed by atoms with Crippen molar-refractivity contribution >= 4 is 0 Å². The van der Waals surface area contributed by atoms with E-state index in [1.165, 1.54) is 0 Å². The van der Waals surface area contributed by atoms with E-state index in [0.717, 1.165) is 24.5 Å². The van der Waals surface area contributed by atoms with E-state index in [1.54, 1.807) is 0 Å². The maximum absolute atomic E-state index is 5.41. The molecule has 0 radical (unpaired) electrons. The lowest BCUT2D eigenvalue weighted by molar-refractivity contribution is 0.541. The summed E-state index contributed by atoms with van der Waals surface area (Å²) in [6.45, 7) is 4.73. The summed E-state index contributed by atoms with van der Waals surface area (Å²) in [5.41, 5.74) is 0. The molecule has 0 saturated heterocycles. The Balaban J connectivity index is 2.50. The molecular formula is C11H18N4. The molecule has 0 aliphatic rings. The van der Waals surface area contributed by atoms with E-state index in [4.69, 9.17) is 6.42 Å². The van der Waals surface area contributed by atoms with E-state index in [1.807, 2.05) is 18.5 Å². The predicted molar refractivity (Wildman–Crippen MR) is 60.1 cm³/mol. The number of nitrogens with one attached hydrogen (secondary N) is 1. The van der Waals surface area contributed by atoms with Crippen molar-refractivity contribution in [2.24, 2.45) is 7.05 Å². The van der Waals surface area contributed by atoms with E-state index < -0.39 is 0 Å². The summed E-state index contributed by atoms with van der Waals surface area (Å²) in [5.74, 6) is 4.57. The zero-order valence-corrected chi connectivity index (χ0v) is 9.62. The Labute approximate surface area is 91.1 Å². The molecule has 4 nitrogen and oxygen atoms in total. The fourth-order valence-electron chi connectivity index (χ4n) is 1.35. The fraction of sp³-hybridized carbons (Fsp3) is 0.636. The van der Waals surface area contributed by atoms with Gasteiger partial charge in [-0.15, -0.1) is 16.6 Å². The van der Waals surface area contributed by atoms with Crippen molar-refractivity contribution in [1.29, 1.82) is 0 Å². The Hall–Kier alpha value is -1.34. The van der Waals surface area contributed by atoms with Crippen LogP contribution in [0.3, 0.4) is 0 Å². The molecule has 1 N–H and O–H groups in total. The van der Waals surface area contributed by atoms with Gasteiger partial charge < -0.3 is 4.57 Å². The number of hydrogen-bond acceptors (Lipinski definition) is 3. The molecule has 0 saturated carbocycles. The predicted octanol–water partition coefficient (Wildman–Crippen LogP) is 1.02. The number of aryl methyl sites for hydroxylation is 1. The normalized spacial score (nSPS) is 12.4. The van der Waals surface area contributed by atoms with Gasteiger partial charge in [-0.2, -0.15) is 0 Å². The van der Waals surface area contributed by atoms with Crippen LogP contribution in [-0.4, -0.2) is 20.8 Å². The summed E-state index contributed by atoms with van der Waals surface area (Å²) in [7, 11) is 1.96. The molecule has 1 rings (SSSR count). The molecule has 0 bridgehead atoms. The summed E-state index contributed by atoms with van der Waals surface area (Å²) >= 11 is 0. The zero-order valence-electron chi connectivity index (χ0n) is 9.62. The molecule has 0 spiro atoms. The lowest BCUT2D eigenvalue weighted by Crippen LogP contribution is -2.28. The van der Waals surface area contributed by atoms with Crippen LogP contribution in [-0.2, 0) is 13.6 Å². The Kier molecular flexibility index (Phi) is 4.32. The van der Waals surface area contributed by atoms with Crippen molar-refractivity contribution < 1.29 is 0 Å². The van der Waals surface area contributed by atoms with Crippen LogP contribution in [0.4, 0.5) is 0 Å². The minimum absolute atomic E-state index is 0.131. The minimum atomic E-state index is 0.131. The molecular weight excluding hydrogens is 188 g/mol. The van der Waals surface area contributed by atoms with E-state index in [2.05, 4.69) is 28.4 Å². The first-order valence-electron chi connectivity index (χ1n) is 5.23. The third kappa shape index (κ3) is 3.07. The summed E-state index contributed by atoms with van der Waals surface area (Å²) in [5, 5.41) is 11.3. The van der Waals surface area contributed by atoms with Crippen molar-refractivity contribution in [3.63, 3.8) is 0 Å². The number of hydrogen-bond donors (Lipinski definition) is 1. The maximum atomic E-state index is 5.41. The third-order valence-corrected chi connectivity index (χ3v) is 2.47. The standard InChI is InChI=1S/C11H18N4/c1-5-7-10(6-2)12-8-11-14-13-9(3)15(11)4/h2,10,12H,5,7-8H2,1,3-4H3. The largest absolute Gasteiger partial charge is 0.317 e. The minimum Gasteiger partial charge on any atom is -0.317 e. The zero-order chi connectivity index (χ0) is 11.3. The lowest BCUT2D eigenvalue weighted by Gasteiger charge is -2.11. The summed E-state index contributed by atoms with van der Waals surface area (Å²) in [6, 6.07) is 0.131. The van der Waals surface area contributed by atoms with Gasteiger partial charge in [0.25, 0.3) is 0 Å². The van der Waals surface area contributed by atoms with Gasteiger partial charge in [0.2, 0.25) is 0 Å². The van der Waals surface area contributed by atoms with Gasteiger partial charge >= 0.3 is 0 Å². The van der Waals surface area contributed by atoms with Crippen molar-refractivity contribution in [2.75, 3.05) is 0 Å². The van der Waals surface area contributed by atoms with E-state index >= 15 is 0 Å². The Morgan fingerprint density at radius 3 is 2.73 bits per heavy atom. The molecule has 1 heterocycles. The average molecular weight is 206 g/mol. The van der Waals surface area contributed by atoms with Crippen LogP contribution in [0.2, 0.25) is 0 Å². The topological polar surface area (TPSA) is 42.7 Å². The SMILES string of the molecule is C#CC(CCC)NCc1nnc(C)n1C. The molecule has 1 unspecified atom stereocenters. The molecule has 0 aliphatic carbocycles. The van der Waals surface area contributed by atoms with Crippen LogP contribution in [0.25, 0.3) is 0 Å². The molecule has 0 amide bonds. The van der Waals surface area contributed by atoms with Gasteiger partial charge in [0.05, 0.1) is 12.6 Å². The van der Waals surface area contributed by atoms with Gasteiger partial charge in [-0.1, -0.05) is 19.3 Å². The van der Waals surface area contributed by atoms with Crippen molar-refractivity contribution in [3.05, 3.63) is 11.6 Å². The van der Waals surface area contributed by atoms with E-state index in [9.17, 15) is 0 Å². The quantitative estimate of drug-likeness (QED) is 0.731. The Morgan fingerprint density at radius 1 is 1.53 bits per heavy atom. The smallest absolute Gasteiger partial charge is 0.146 e. The van der Waals surface area contributed by atoms with Crippen molar-refractivity contribution in [2.45, 2.75) is 39.3 Å². The first kappa shape index (κ1) is 11.7. The maximum Gasteiger partial charge on any atom is 0.146 e. The van der Waals surface area contributed by atoms with Crippen LogP contribution in [0.15, 0.2) is 0 Å².